The number of aryl methyl sites for hydroxylation is 2. The van der Waals surface area contributed by atoms with Crippen molar-refractivity contribution < 1.29 is 13.2 Å². The van der Waals surface area contributed by atoms with E-state index in [0.29, 0.717) is 6.42 Å². The summed E-state index contributed by atoms with van der Waals surface area (Å²) in [6, 6.07) is 28.0. The zero-order valence-corrected chi connectivity index (χ0v) is 22.7. The van der Waals surface area contributed by atoms with Crippen molar-refractivity contribution in [1.29, 1.82) is 0 Å². The number of hydrogen-bond donors (Lipinski definition) is 1. The van der Waals surface area contributed by atoms with Gasteiger partial charge in [0.25, 0.3) is 5.91 Å². The zero-order chi connectivity index (χ0) is 27.1. The summed E-state index contributed by atoms with van der Waals surface area (Å²) >= 11 is 0. The van der Waals surface area contributed by atoms with Crippen molar-refractivity contribution >= 4 is 22.1 Å². The Bertz CT molecular complexity index is 1510. The minimum atomic E-state index is -3.87. The van der Waals surface area contributed by atoms with Gasteiger partial charge in [0.15, 0.2) is 0 Å². The van der Waals surface area contributed by atoms with E-state index in [2.05, 4.69) is 39.4 Å². The molecule has 8 heteroatoms. The summed E-state index contributed by atoms with van der Waals surface area (Å²) in [6.45, 7) is 5.88. The van der Waals surface area contributed by atoms with E-state index in [4.69, 9.17) is 0 Å². The minimum absolute atomic E-state index is 0.146. The Morgan fingerprint density at radius 1 is 0.921 bits per heavy atom. The van der Waals surface area contributed by atoms with Gasteiger partial charge >= 0.3 is 0 Å². The Morgan fingerprint density at radius 3 is 2.21 bits per heavy atom. The molecule has 3 aromatic carbocycles. The zero-order valence-electron chi connectivity index (χ0n) is 21.8. The molecule has 0 bridgehead atoms. The highest BCUT2D eigenvalue weighted by Gasteiger charge is 2.26. The molecule has 0 aliphatic rings. The van der Waals surface area contributed by atoms with Crippen LogP contribution in [0.3, 0.4) is 0 Å². The van der Waals surface area contributed by atoms with Crippen LogP contribution in [-0.4, -0.2) is 42.5 Å². The van der Waals surface area contributed by atoms with E-state index in [1.165, 1.54) is 22.0 Å². The molecule has 38 heavy (non-hydrogen) atoms. The van der Waals surface area contributed by atoms with Gasteiger partial charge in [-0.05, 0) is 63.1 Å². The van der Waals surface area contributed by atoms with Crippen LogP contribution >= 0.6 is 0 Å². The van der Waals surface area contributed by atoms with Crippen LogP contribution in [0.5, 0.6) is 0 Å². The lowest BCUT2D eigenvalue weighted by Crippen LogP contribution is -2.40. The second-order valence-corrected chi connectivity index (χ2v) is 11.1. The third-order valence-corrected chi connectivity index (χ3v) is 8.21. The highest BCUT2D eigenvalue weighted by Crippen LogP contribution is 2.20. The number of carbonyl (C=O) groups excluding carboxylic acids is 1. The molecular weight excluding hydrogens is 496 g/mol. The van der Waals surface area contributed by atoms with E-state index in [-0.39, 0.29) is 18.0 Å². The van der Waals surface area contributed by atoms with E-state index in [1.54, 1.807) is 24.4 Å². The fourth-order valence-electron chi connectivity index (χ4n) is 4.30. The number of aromatic nitrogens is 1. The number of amides is 1. The molecule has 0 spiro atoms. The number of hydrogen-bond acceptors (Lipinski definition) is 4. The average molecular weight is 529 g/mol. The predicted molar refractivity (Wildman–Crippen MR) is 151 cm³/mol. The highest BCUT2D eigenvalue weighted by atomic mass is 32.2. The van der Waals surface area contributed by atoms with Crippen LogP contribution < -0.4 is 5.43 Å². The van der Waals surface area contributed by atoms with Gasteiger partial charge in [-0.1, -0.05) is 66.2 Å². The fraction of sp³-hybridized carbons (Fsp3) is 0.200. The quantitative estimate of drug-likeness (QED) is 0.237. The van der Waals surface area contributed by atoms with Crippen molar-refractivity contribution in [3.05, 3.63) is 119 Å². The molecule has 1 N–H and O–H groups in total. The van der Waals surface area contributed by atoms with E-state index in [9.17, 15) is 13.2 Å². The first-order chi connectivity index (χ1) is 18.3. The number of hydrazone groups is 1. The molecule has 1 heterocycles. The van der Waals surface area contributed by atoms with Gasteiger partial charge < -0.3 is 4.57 Å². The van der Waals surface area contributed by atoms with E-state index >= 15 is 0 Å². The standard InChI is InChI=1S/C30H32N4O3S/c1-23-14-16-28(17-15-23)34-24(2)20-27(25(34)3)21-31-32-30(35)22-33(19-18-26-10-6-4-7-11-26)38(36,37)29-12-8-5-9-13-29/h4-17,20-21H,18-19,22H2,1-3H3,(H,32,35)/b31-21-. The van der Waals surface area contributed by atoms with Crippen molar-refractivity contribution in [3.63, 3.8) is 0 Å². The highest BCUT2D eigenvalue weighted by molar-refractivity contribution is 7.89. The summed E-state index contributed by atoms with van der Waals surface area (Å²) in [5.41, 5.74) is 8.62. The molecule has 0 atom stereocenters. The summed E-state index contributed by atoms with van der Waals surface area (Å²) in [5.74, 6) is -0.513. The van der Waals surface area contributed by atoms with Crippen LogP contribution in [0, 0.1) is 20.8 Å². The molecule has 0 saturated carbocycles. The Hall–Kier alpha value is -4.01. The monoisotopic (exact) mass is 528 g/mol. The van der Waals surface area contributed by atoms with E-state index in [1.807, 2.05) is 57.2 Å². The third-order valence-electron chi connectivity index (χ3n) is 6.35. The van der Waals surface area contributed by atoms with Crippen molar-refractivity contribution in [2.75, 3.05) is 13.1 Å². The van der Waals surface area contributed by atoms with Gasteiger partial charge in [-0.2, -0.15) is 9.41 Å². The van der Waals surface area contributed by atoms with Gasteiger partial charge in [0, 0.05) is 29.2 Å². The molecule has 0 aliphatic carbocycles. The Labute approximate surface area is 224 Å². The first-order valence-corrected chi connectivity index (χ1v) is 13.9. The maximum atomic E-state index is 13.3. The van der Waals surface area contributed by atoms with Crippen LogP contribution in [0.1, 0.15) is 28.1 Å². The maximum Gasteiger partial charge on any atom is 0.255 e. The molecule has 0 unspecified atom stereocenters. The Kier molecular flexibility index (Phi) is 8.55. The summed E-state index contributed by atoms with van der Waals surface area (Å²) in [5, 5.41) is 4.13. The maximum absolute atomic E-state index is 13.3. The molecule has 4 rings (SSSR count). The molecule has 196 valence electrons. The van der Waals surface area contributed by atoms with Crippen LogP contribution in [0.15, 0.2) is 101 Å². The van der Waals surface area contributed by atoms with Gasteiger partial charge in [-0.25, -0.2) is 13.8 Å². The first-order valence-electron chi connectivity index (χ1n) is 12.4. The number of nitrogens with zero attached hydrogens (tertiary/aromatic N) is 3. The van der Waals surface area contributed by atoms with E-state index < -0.39 is 15.9 Å². The second-order valence-electron chi connectivity index (χ2n) is 9.18. The molecule has 0 aliphatic heterocycles. The molecule has 7 nitrogen and oxygen atoms in total. The van der Waals surface area contributed by atoms with Gasteiger partial charge in [0.05, 0.1) is 17.7 Å². The first kappa shape index (κ1) is 27.0. The lowest BCUT2D eigenvalue weighted by atomic mass is 10.1. The number of rotatable bonds is 10. The molecule has 4 aromatic rings. The number of benzene rings is 3. The normalized spacial score (nSPS) is 11.8. The van der Waals surface area contributed by atoms with E-state index in [0.717, 1.165) is 28.2 Å². The van der Waals surface area contributed by atoms with Gasteiger partial charge in [0.1, 0.15) is 0 Å². The average Bonchev–Trinajstić information content (AvgIpc) is 3.20. The van der Waals surface area contributed by atoms with Crippen LogP contribution in [-0.2, 0) is 21.2 Å². The number of carbonyl (C=O) groups is 1. The summed E-state index contributed by atoms with van der Waals surface area (Å²) in [7, 11) is -3.87. The van der Waals surface area contributed by atoms with Gasteiger partial charge in [-0.3, -0.25) is 4.79 Å². The second kappa shape index (κ2) is 12.0. The largest absolute Gasteiger partial charge is 0.318 e. The summed E-state index contributed by atoms with van der Waals surface area (Å²) in [4.78, 5) is 13.0. The van der Waals surface area contributed by atoms with Gasteiger partial charge in [0.2, 0.25) is 10.0 Å². The van der Waals surface area contributed by atoms with Crippen LogP contribution in [0.2, 0.25) is 0 Å². The van der Waals surface area contributed by atoms with Crippen molar-refractivity contribution in [2.45, 2.75) is 32.1 Å². The number of sulfonamides is 1. The Balaban J connectivity index is 1.47. The molecule has 0 fully saturated rings. The smallest absolute Gasteiger partial charge is 0.255 e. The number of nitrogens with one attached hydrogen (secondary N) is 1. The molecule has 1 amide bonds. The van der Waals surface area contributed by atoms with Crippen molar-refractivity contribution in [1.82, 2.24) is 14.3 Å². The topological polar surface area (TPSA) is 83.8 Å². The Morgan fingerprint density at radius 2 is 1.55 bits per heavy atom. The lowest BCUT2D eigenvalue weighted by molar-refractivity contribution is -0.121. The van der Waals surface area contributed by atoms with Crippen molar-refractivity contribution in [2.24, 2.45) is 5.10 Å². The predicted octanol–water partition coefficient (Wildman–Crippen LogP) is 4.79. The lowest BCUT2D eigenvalue weighted by Gasteiger charge is -2.21. The molecule has 0 saturated heterocycles. The molecular formula is C30H32N4O3S. The minimum Gasteiger partial charge on any atom is -0.318 e. The van der Waals surface area contributed by atoms with Crippen LogP contribution in [0.25, 0.3) is 5.69 Å². The van der Waals surface area contributed by atoms with Crippen LogP contribution in [0.4, 0.5) is 0 Å². The third kappa shape index (κ3) is 6.45. The molecule has 0 radical (unpaired) electrons. The fourth-order valence-corrected chi connectivity index (χ4v) is 5.72. The molecule has 1 aromatic heterocycles. The summed E-state index contributed by atoms with van der Waals surface area (Å²) < 4.78 is 30.0. The van der Waals surface area contributed by atoms with Gasteiger partial charge in [-0.15, -0.1) is 0 Å². The summed E-state index contributed by atoms with van der Waals surface area (Å²) in [6.07, 6.45) is 2.07. The van der Waals surface area contributed by atoms with Crippen molar-refractivity contribution in [3.8, 4) is 5.69 Å². The SMILES string of the molecule is Cc1ccc(-n2c(C)cc(/C=N\NC(=O)CN(CCc3ccccc3)S(=O)(=O)c3ccccc3)c2C)cc1.